The van der Waals surface area contributed by atoms with Crippen LogP contribution in [0.5, 0.6) is 0 Å². The van der Waals surface area contributed by atoms with E-state index in [0.29, 0.717) is 29.8 Å². The Bertz CT molecular complexity index is 1260. The van der Waals surface area contributed by atoms with Gasteiger partial charge in [0.25, 0.3) is 5.91 Å². The Morgan fingerprint density at radius 1 is 1.00 bits per heavy atom. The van der Waals surface area contributed by atoms with Crippen LogP contribution >= 0.6 is 35.0 Å². The molecule has 1 amide bonds. The predicted molar refractivity (Wildman–Crippen MR) is 168 cm³/mol. The molecule has 216 valence electrons. The van der Waals surface area contributed by atoms with Crippen molar-refractivity contribution in [2.24, 2.45) is 10.9 Å². The van der Waals surface area contributed by atoms with E-state index in [1.165, 1.54) is 11.8 Å². The number of amidine groups is 1. The molecule has 2 aromatic carbocycles. The van der Waals surface area contributed by atoms with E-state index in [1.54, 1.807) is 0 Å². The monoisotopic (exact) mass is 602 g/mol. The van der Waals surface area contributed by atoms with Gasteiger partial charge in [0.1, 0.15) is 10.4 Å². The summed E-state index contributed by atoms with van der Waals surface area (Å²) in [5, 5.41) is 2.21. The van der Waals surface area contributed by atoms with E-state index in [1.807, 2.05) is 55.4 Å². The van der Waals surface area contributed by atoms with Crippen LogP contribution in [-0.2, 0) is 15.1 Å². The molecule has 0 radical (unpaired) electrons. The summed E-state index contributed by atoms with van der Waals surface area (Å²) in [5.41, 5.74) is 2.57. The number of halogens is 2. The number of amides is 1. The first kappa shape index (κ1) is 30.9. The standard InChI is InChI=1S/C31H40Cl2N4O2S/c1-20(2)26-27(29(38)36(21(3)4)17-19-39-18-16-35(6)7)40-30-34-31(5,23-10-14-25(33)15-11-23)28(37(26)30)22-8-12-24(32)13-9-22/h8-15,20-21,28H,16-19H2,1-7H3/t28-,31+/m1/s1. The Morgan fingerprint density at radius 2 is 1.57 bits per heavy atom. The van der Waals surface area contributed by atoms with Gasteiger partial charge in [-0.3, -0.25) is 4.79 Å². The number of hydrogen-bond acceptors (Lipinski definition) is 6. The van der Waals surface area contributed by atoms with Crippen LogP contribution in [0, 0.1) is 5.92 Å². The highest BCUT2D eigenvalue weighted by Gasteiger charge is 2.53. The zero-order valence-electron chi connectivity index (χ0n) is 24.4. The first-order valence-electron chi connectivity index (χ1n) is 13.8. The second-order valence-corrected chi connectivity index (χ2v) is 13.2. The fraction of sp³-hybridized carbons (Fsp3) is 0.484. The van der Waals surface area contributed by atoms with Crippen LogP contribution in [0.3, 0.4) is 0 Å². The number of fused-ring (bicyclic) bond motifs is 1. The number of carbonyl (C=O) groups is 1. The number of likely N-dealkylation sites (N-methyl/N-ethyl adjacent to an activating group) is 1. The SMILES string of the molecule is CC(C)C1=C(C(=O)N(CCOCCN(C)C)C(C)C)SC2=N[C@@](C)(c3ccc(Cl)cc3)[C@@H](c3ccc(Cl)cc3)N21. The summed E-state index contributed by atoms with van der Waals surface area (Å²) in [6.07, 6.45) is 0. The van der Waals surface area contributed by atoms with Gasteiger partial charge in [-0.2, -0.15) is 0 Å². The topological polar surface area (TPSA) is 48.4 Å². The summed E-state index contributed by atoms with van der Waals surface area (Å²) >= 11 is 14.0. The minimum Gasteiger partial charge on any atom is -0.378 e. The molecule has 0 saturated heterocycles. The molecule has 2 atom stereocenters. The van der Waals surface area contributed by atoms with E-state index in [4.69, 9.17) is 32.9 Å². The van der Waals surface area contributed by atoms with Crippen LogP contribution in [0.2, 0.25) is 10.0 Å². The van der Waals surface area contributed by atoms with Crippen LogP contribution in [0.25, 0.3) is 0 Å². The number of thioether (sulfide) groups is 1. The van der Waals surface area contributed by atoms with Gasteiger partial charge in [-0.25, -0.2) is 4.99 Å². The molecule has 0 N–H and O–H groups in total. The lowest BCUT2D eigenvalue weighted by molar-refractivity contribution is -0.129. The van der Waals surface area contributed by atoms with Crippen LogP contribution in [0.4, 0.5) is 0 Å². The molecule has 4 rings (SSSR count). The quantitative estimate of drug-likeness (QED) is 0.258. The number of ether oxygens (including phenoxy) is 1. The Labute approximate surface area is 253 Å². The molecule has 0 fully saturated rings. The molecule has 2 aliphatic rings. The molecule has 0 aromatic heterocycles. The molecule has 0 saturated carbocycles. The summed E-state index contributed by atoms with van der Waals surface area (Å²) in [6.45, 7) is 13.1. The smallest absolute Gasteiger partial charge is 0.262 e. The second kappa shape index (κ2) is 12.9. The molecule has 6 nitrogen and oxygen atoms in total. The molecular formula is C31H40Cl2N4O2S. The molecule has 2 aromatic rings. The van der Waals surface area contributed by atoms with Gasteiger partial charge in [0.2, 0.25) is 0 Å². The molecule has 0 unspecified atom stereocenters. The third-order valence-corrected chi connectivity index (χ3v) is 8.97. The lowest BCUT2D eigenvalue weighted by Crippen LogP contribution is -2.41. The fourth-order valence-corrected chi connectivity index (χ4v) is 6.92. The molecular weight excluding hydrogens is 563 g/mol. The van der Waals surface area contributed by atoms with Gasteiger partial charge in [0.05, 0.1) is 19.3 Å². The van der Waals surface area contributed by atoms with E-state index in [-0.39, 0.29) is 23.9 Å². The minimum absolute atomic E-state index is 0.0278. The maximum absolute atomic E-state index is 14.1. The van der Waals surface area contributed by atoms with Gasteiger partial charge < -0.3 is 19.4 Å². The Balaban J connectivity index is 1.72. The van der Waals surface area contributed by atoms with Gasteiger partial charge in [0.15, 0.2) is 5.17 Å². The van der Waals surface area contributed by atoms with Crippen LogP contribution in [0.15, 0.2) is 64.1 Å². The molecule has 40 heavy (non-hydrogen) atoms. The lowest BCUT2D eigenvalue weighted by atomic mass is 9.81. The van der Waals surface area contributed by atoms with Crippen LogP contribution in [-0.4, -0.2) is 72.2 Å². The van der Waals surface area contributed by atoms with Crippen molar-refractivity contribution >= 4 is 46.0 Å². The fourth-order valence-electron chi connectivity index (χ4n) is 5.30. The van der Waals surface area contributed by atoms with Crippen molar-refractivity contribution in [2.75, 3.05) is 40.4 Å². The normalized spacial score (nSPS) is 20.6. The van der Waals surface area contributed by atoms with Crippen molar-refractivity contribution in [2.45, 2.75) is 52.2 Å². The molecule has 9 heteroatoms. The number of hydrogen-bond donors (Lipinski definition) is 0. The van der Waals surface area contributed by atoms with E-state index >= 15 is 0 Å². The summed E-state index contributed by atoms with van der Waals surface area (Å²) in [5.74, 6) is 0.131. The Morgan fingerprint density at radius 3 is 2.12 bits per heavy atom. The van der Waals surface area contributed by atoms with E-state index in [2.05, 4.69) is 56.6 Å². The Kier molecular flexibility index (Phi) is 9.95. The first-order chi connectivity index (χ1) is 18.9. The number of nitrogens with zero attached hydrogens (tertiary/aromatic N) is 4. The van der Waals surface area contributed by atoms with Crippen molar-refractivity contribution in [3.05, 3.63) is 80.3 Å². The van der Waals surface area contributed by atoms with Crippen molar-refractivity contribution in [3.8, 4) is 0 Å². The highest BCUT2D eigenvalue weighted by atomic mass is 35.5. The number of rotatable bonds is 11. The van der Waals surface area contributed by atoms with Crippen molar-refractivity contribution in [1.29, 1.82) is 0 Å². The zero-order valence-corrected chi connectivity index (χ0v) is 26.8. The zero-order chi connectivity index (χ0) is 29.2. The van der Waals surface area contributed by atoms with Crippen molar-refractivity contribution < 1.29 is 9.53 Å². The second-order valence-electron chi connectivity index (χ2n) is 11.4. The van der Waals surface area contributed by atoms with Gasteiger partial charge in [0, 0.05) is 34.9 Å². The lowest BCUT2D eigenvalue weighted by Gasteiger charge is -2.37. The number of allylic oxidation sites excluding steroid dienone is 1. The molecule has 2 heterocycles. The predicted octanol–water partition coefficient (Wildman–Crippen LogP) is 7.05. The van der Waals surface area contributed by atoms with Crippen LogP contribution < -0.4 is 0 Å². The van der Waals surface area contributed by atoms with Crippen molar-refractivity contribution in [3.63, 3.8) is 0 Å². The number of carbonyl (C=O) groups excluding carboxylic acids is 1. The first-order valence-corrected chi connectivity index (χ1v) is 15.4. The summed E-state index contributed by atoms with van der Waals surface area (Å²) in [4.78, 5) is 26.5. The average Bonchev–Trinajstić information content (AvgIpc) is 3.39. The van der Waals surface area contributed by atoms with Gasteiger partial charge in [-0.1, -0.05) is 61.3 Å². The van der Waals surface area contributed by atoms with Crippen LogP contribution in [0.1, 0.15) is 51.8 Å². The van der Waals surface area contributed by atoms with Gasteiger partial charge in [-0.15, -0.1) is 0 Å². The molecule has 0 bridgehead atoms. The highest BCUT2D eigenvalue weighted by molar-refractivity contribution is 8.18. The molecule has 0 aliphatic carbocycles. The minimum atomic E-state index is -0.590. The maximum atomic E-state index is 14.1. The van der Waals surface area contributed by atoms with Crippen molar-refractivity contribution in [1.82, 2.24) is 14.7 Å². The number of benzene rings is 2. The summed E-state index contributed by atoms with van der Waals surface area (Å²) < 4.78 is 5.84. The third-order valence-electron chi connectivity index (χ3n) is 7.41. The molecule has 0 spiro atoms. The highest BCUT2D eigenvalue weighted by Crippen LogP contribution is 2.56. The van der Waals surface area contributed by atoms with Gasteiger partial charge in [-0.05, 0) is 87.9 Å². The number of aliphatic imine (C=N–C) groups is 1. The molecule has 2 aliphatic heterocycles. The van der Waals surface area contributed by atoms with E-state index in [0.717, 1.165) is 33.4 Å². The summed E-state index contributed by atoms with van der Waals surface area (Å²) in [7, 11) is 4.05. The maximum Gasteiger partial charge on any atom is 0.262 e. The van der Waals surface area contributed by atoms with Gasteiger partial charge >= 0.3 is 0 Å². The Hall–Kier alpha value is -2.03. The third kappa shape index (κ3) is 6.39. The summed E-state index contributed by atoms with van der Waals surface area (Å²) in [6, 6.07) is 15.8. The van der Waals surface area contributed by atoms with E-state index in [9.17, 15) is 4.79 Å². The average molecular weight is 604 g/mol. The van der Waals surface area contributed by atoms with E-state index < -0.39 is 5.54 Å². The largest absolute Gasteiger partial charge is 0.378 e.